The molecule has 6 heteroatoms. The number of hydrogen-bond acceptors (Lipinski definition) is 5. The Hall–Kier alpha value is -2.31. The van der Waals surface area contributed by atoms with Crippen LogP contribution in [0.25, 0.3) is 0 Å². The van der Waals surface area contributed by atoms with Gasteiger partial charge in [-0.05, 0) is 66.9 Å². The lowest BCUT2D eigenvalue weighted by atomic mass is 10.2. The van der Waals surface area contributed by atoms with Crippen molar-refractivity contribution in [2.24, 2.45) is 0 Å². The zero-order valence-corrected chi connectivity index (χ0v) is 20.7. The van der Waals surface area contributed by atoms with Crippen molar-refractivity contribution in [3.05, 3.63) is 59.7 Å². The summed E-state index contributed by atoms with van der Waals surface area (Å²) in [7, 11) is -0.298. The number of rotatable bonds is 11. The molecule has 5 nitrogen and oxygen atoms in total. The van der Waals surface area contributed by atoms with E-state index >= 15 is 0 Å². The summed E-state index contributed by atoms with van der Waals surface area (Å²) in [6.07, 6.45) is 1.59. The number of methoxy groups -OCH3 is 1. The summed E-state index contributed by atoms with van der Waals surface area (Å²) in [4.78, 5) is 12.4. The molecular weight excluding hydrogens is 408 g/mol. The molecule has 0 saturated carbocycles. The second-order valence-corrected chi connectivity index (χ2v) is 13.9. The van der Waals surface area contributed by atoms with E-state index in [1.165, 1.54) is 0 Å². The molecule has 0 bridgehead atoms. The van der Waals surface area contributed by atoms with Gasteiger partial charge < -0.3 is 18.6 Å². The minimum Gasteiger partial charge on any atom is -0.543 e. The van der Waals surface area contributed by atoms with E-state index in [1.807, 2.05) is 36.4 Å². The maximum atomic E-state index is 12.4. The lowest BCUT2D eigenvalue weighted by molar-refractivity contribution is 0.0478. The first-order valence-electron chi connectivity index (χ1n) is 10.8. The molecule has 0 amide bonds. The van der Waals surface area contributed by atoms with Gasteiger partial charge in [0, 0.05) is 6.61 Å². The fourth-order valence-electron chi connectivity index (χ4n) is 2.60. The Balaban J connectivity index is 1.69. The van der Waals surface area contributed by atoms with Gasteiger partial charge in [-0.2, -0.15) is 0 Å². The lowest BCUT2D eigenvalue weighted by Crippen LogP contribution is -2.43. The van der Waals surface area contributed by atoms with Crippen LogP contribution in [0.2, 0.25) is 18.1 Å². The average Bonchev–Trinajstić information content (AvgIpc) is 2.72. The second kappa shape index (κ2) is 11.3. The van der Waals surface area contributed by atoms with Crippen LogP contribution in [0.5, 0.6) is 11.5 Å². The Morgan fingerprint density at radius 2 is 1.61 bits per heavy atom. The molecule has 2 aromatic rings. The molecule has 2 aromatic carbocycles. The first-order valence-corrected chi connectivity index (χ1v) is 13.7. The normalized spacial score (nSPS) is 11.8. The fraction of sp³-hybridized carbons (Fsp3) is 0.480. The molecule has 0 N–H and O–H groups in total. The minimum atomic E-state index is -1.95. The number of unbranched alkanes of at least 4 members (excludes halogenated alkanes) is 1. The van der Waals surface area contributed by atoms with E-state index in [2.05, 4.69) is 33.9 Å². The second-order valence-electron chi connectivity index (χ2n) is 9.13. The van der Waals surface area contributed by atoms with Gasteiger partial charge in [-0.1, -0.05) is 39.0 Å². The molecule has 31 heavy (non-hydrogen) atoms. The molecule has 0 aliphatic heterocycles. The van der Waals surface area contributed by atoms with E-state index in [9.17, 15) is 4.79 Å². The van der Waals surface area contributed by atoms with Gasteiger partial charge in [0.1, 0.15) is 11.5 Å². The number of carbonyl (C=O) groups excluding carboxylic acids is 1. The van der Waals surface area contributed by atoms with Crippen LogP contribution in [0.4, 0.5) is 0 Å². The average molecular weight is 445 g/mol. The third kappa shape index (κ3) is 8.03. The van der Waals surface area contributed by atoms with Gasteiger partial charge in [0.25, 0.3) is 0 Å². The van der Waals surface area contributed by atoms with Gasteiger partial charge in [-0.15, -0.1) is 0 Å². The Labute approximate surface area is 187 Å². The maximum absolute atomic E-state index is 12.4. The Morgan fingerprint density at radius 1 is 0.935 bits per heavy atom. The Morgan fingerprint density at radius 3 is 2.26 bits per heavy atom. The molecule has 0 saturated heterocycles. The van der Waals surface area contributed by atoms with Crippen molar-refractivity contribution in [1.29, 1.82) is 0 Å². The smallest absolute Gasteiger partial charge is 0.338 e. The number of carbonyl (C=O) groups is 1. The predicted octanol–water partition coefficient (Wildman–Crippen LogP) is 6.23. The number of esters is 1. The highest BCUT2D eigenvalue weighted by molar-refractivity contribution is 6.74. The van der Waals surface area contributed by atoms with E-state index in [4.69, 9.17) is 18.6 Å². The zero-order chi connectivity index (χ0) is 22.9. The Bertz CT molecular complexity index is 825. The molecule has 0 atom stereocenters. The van der Waals surface area contributed by atoms with Gasteiger partial charge >= 0.3 is 5.97 Å². The molecule has 0 fully saturated rings. The highest BCUT2D eigenvalue weighted by atomic mass is 28.4. The van der Waals surface area contributed by atoms with E-state index in [0.29, 0.717) is 25.4 Å². The van der Waals surface area contributed by atoms with Crippen LogP contribution in [-0.4, -0.2) is 34.6 Å². The summed E-state index contributed by atoms with van der Waals surface area (Å²) in [5, 5.41) is 0.0962. The molecule has 0 aliphatic rings. The van der Waals surface area contributed by atoms with E-state index in [-0.39, 0.29) is 11.0 Å². The molecule has 0 radical (unpaired) electrons. The molecule has 0 aromatic heterocycles. The summed E-state index contributed by atoms with van der Waals surface area (Å²) in [5.41, 5.74) is 1.62. The van der Waals surface area contributed by atoms with Crippen LogP contribution in [0.3, 0.4) is 0 Å². The number of benzene rings is 2. The van der Waals surface area contributed by atoms with Crippen molar-refractivity contribution in [2.75, 3.05) is 20.3 Å². The van der Waals surface area contributed by atoms with Crippen molar-refractivity contribution in [3.8, 4) is 11.5 Å². The molecule has 170 valence electrons. The standard InChI is InChI=1S/C25H36O5Si/c1-25(2,3)31(5,6)30-23-11-9-10-21(18-23)24(26)29-17-8-7-16-28-19-20-12-14-22(27-4)15-13-20/h9-15,18H,7-8,16-17,19H2,1-6H3. The van der Waals surface area contributed by atoms with Gasteiger partial charge in [0.2, 0.25) is 8.32 Å². The minimum absolute atomic E-state index is 0.0962. The monoisotopic (exact) mass is 444 g/mol. The third-order valence-electron chi connectivity index (χ3n) is 5.59. The molecule has 0 heterocycles. The van der Waals surface area contributed by atoms with E-state index in [1.54, 1.807) is 19.2 Å². The van der Waals surface area contributed by atoms with Crippen molar-refractivity contribution in [1.82, 2.24) is 0 Å². The van der Waals surface area contributed by atoms with Crippen LogP contribution in [0, 0.1) is 0 Å². The fourth-order valence-corrected chi connectivity index (χ4v) is 3.62. The molecule has 0 aliphatic carbocycles. The van der Waals surface area contributed by atoms with Crippen molar-refractivity contribution < 1.29 is 23.4 Å². The van der Waals surface area contributed by atoms with Gasteiger partial charge in [-0.25, -0.2) is 4.79 Å². The lowest BCUT2D eigenvalue weighted by Gasteiger charge is -2.36. The molecule has 2 rings (SSSR count). The van der Waals surface area contributed by atoms with E-state index in [0.717, 1.165) is 29.9 Å². The van der Waals surface area contributed by atoms with Crippen LogP contribution < -0.4 is 9.16 Å². The third-order valence-corrected chi connectivity index (χ3v) is 9.95. The van der Waals surface area contributed by atoms with Crippen molar-refractivity contribution in [3.63, 3.8) is 0 Å². The van der Waals surface area contributed by atoms with Gasteiger partial charge in [-0.3, -0.25) is 0 Å². The highest BCUT2D eigenvalue weighted by Crippen LogP contribution is 2.37. The van der Waals surface area contributed by atoms with Crippen molar-refractivity contribution >= 4 is 14.3 Å². The Kier molecular flexibility index (Phi) is 9.13. The predicted molar refractivity (Wildman–Crippen MR) is 126 cm³/mol. The summed E-state index contributed by atoms with van der Waals surface area (Å²) in [5.74, 6) is 1.25. The molecule has 0 spiro atoms. The number of hydrogen-bond donors (Lipinski definition) is 0. The van der Waals surface area contributed by atoms with Crippen LogP contribution in [0.1, 0.15) is 49.5 Å². The molecular formula is C25H36O5Si. The largest absolute Gasteiger partial charge is 0.543 e. The number of ether oxygens (including phenoxy) is 3. The SMILES string of the molecule is COc1ccc(COCCCCOC(=O)c2cccc(O[Si](C)(C)C(C)(C)C)c2)cc1. The maximum Gasteiger partial charge on any atom is 0.338 e. The van der Waals surface area contributed by atoms with Crippen LogP contribution in [0.15, 0.2) is 48.5 Å². The van der Waals surface area contributed by atoms with Crippen molar-refractivity contribution in [2.45, 2.75) is 58.4 Å². The summed E-state index contributed by atoms with van der Waals surface area (Å²) in [6, 6.07) is 15.1. The summed E-state index contributed by atoms with van der Waals surface area (Å²) < 4.78 is 22.5. The summed E-state index contributed by atoms with van der Waals surface area (Å²) >= 11 is 0. The first kappa shape index (κ1) is 25.0. The molecule has 0 unspecified atom stereocenters. The van der Waals surface area contributed by atoms with Crippen LogP contribution >= 0.6 is 0 Å². The highest BCUT2D eigenvalue weighted by Gasteiger charge is 2.39. The summed E-state index contributed by atoms with van der Waals surface area (Å²) in [6.45, 7) is 12.5. The quantitative estimate of drug-likeness (QED) is 0.233. The zero-order valence-electron chi connectivity index (χ0n) is 19.7. The topological polar surface area (TPSA) is 54.0 Å². The van der Waals surface area contributed by atoms with Crippen LogP contribution in [-0.2, 0) is 16.1 Å². The van der Waals surface area contributed by atoms with Gasteiger partial charge in [0.05, 0.1) is 25.9 Å². The first-order chi connectivity index (χ1) is 14.6. The van der Waals surface area contributed by atoms with E-state index < -0.39 is 8.32 Å². The van der Waals surface area contributed by atoms with Gasteiger partial charge in [0.15, 0.2) is 0 Å².